The maximum Gasteiger partial charge on any atom is 0.410 e. The normalized spacial score (nSPS) is 22.2. The van der Waals surface area contributed by atoms with Gasteiger partial charge in [-0.05, 0) is 12.5 Å². The van der Waals surface area contributed by atoms with Gasteiger partial charge in [-0.3, -0.25) is 0 Å². The average Bonchev–Trinajstić information content (AvgIpc) is 2.77. The molecule has 1 aliphatic rings. The van der Waals surface area contributed by atoms with Gasteiger partial charge in [0.1, 0.15) is 5.82 Å². The van der Waals surface area contributed by atoms with Crippen molar-refractivity contribution in [3.8, 4) is 0 Å². The van der Waals surface area contributed by atoms with Gasteiger partial charge in [0.25, 0.3) is 0 Å². The lowest BCUT2D eigenvalue weighted by atomic mass is 9.97. The predicted octanol–water partition coefficient (Wildman–Crippen LogP) is 3.85. The number of aromatic nitrogens is 2. The van der Waals surface area contributed by atoms with E-state index in [2.05, 4.69) is 10.4 Å². The zero-order valence-corrected chi connectivity index (χ0v) is 10.9. The first kappa shape index (κ1) is 13.0. The third kappa shape index (κ3) is 2.26. The number of alkyl halides is 3. The monoisotopic (exact) mass is 281 g/mol. The summed E-state index contributed by atoms with van der Waals surface area (Å²) in [4.78, 5) is 0. The summed E-state index contributed by atoms with van der Waals surface area (Å²) in [6, 6.07) is 8.89. The standard InChI is InChI=1S/C14H14F3N3/c1-9-7-13-18-11(10-5-3-2-4-6-10)8-12(14(15,16)17)20(13)19-9/h2-7,11-12,18H,8H2,1H3/t11-,12+/m0/s1. The molecule has 0 spiro atoms. The summed E-state index contributed by atoms with van der Waals surface area (Å²) in [7, 11) is 0. The fourth-order valence-corrected chi connectivity index (χ4v) is 2.60. The van der Waals surface area contributed by atoms with Gasteiger partial charge in [-0.15, -0.1) is 0 Å². The van der Waals surface area contributed by atoms with Crippen molar-refractivity contribution >= 4 is 5.82 Å². The lowest BCUT2D eigenvalue weighted by molar-refractivity contribution is -0.173. The molecule has 20 heavy (non-hydrogen) atoms. The van der Waals surface area contributed by atoms with Gasteiger partial charge in [-0.1, -0.05) is 30.3 Å². The SMILES string of the molecule is Cc1cc2n(n1)[C@@H](C(F)(F)F)C[C@@H](c1ccccc1)N2. The third-order valence-corrected chi connectivity index (χ3v) is 3.51. The third-order valence-electron chi connectivity index (χ3n) is 3.51. The molecule has 0 bridgehead atoms. The summed E-state index contributed by atoms with van der Waals surface area (Å²) in [5.41, 5.74) is 1.43. The van der Waals surface area contributed by atoms with Crippen molar-refractivity contribution in [1.82, 2.24) is 9.78 Å². The van der Waals surface area contributed by atoms with E-state index in [1.807, 2.05) is 30.3 Å². The fourth-order valence-electron chi connectivity index (χ4n) is 2.60. The molecule has 0 radical (unpaired) electrons. The highest BCUT2D eigenvalue weighted by Gasteiger charge is 2.46. The van der Waals surface area contributed by atoms with Crippen molar-refractivity contribution in [1.29, 1.82) is 0 Å². The van der Waals surface area contributed by atoms with Crippen LogP contribution in [-0.2, 0) is 0 Å². The highest BCUT2D eigenvalue weighted by molar-refractivity contribution is 5.43. The molecule has 2 atom stereocenters. The average molecular weight is 281 g/mol. The smallest absolute Gasteiger partial charge is 0.363 e. The molecule has 0 saturated carbocycles. The highest BCUT2D eigenvalue weighted by Crippen LogP contribution is 2.43. The van der Waals surface area contributed by atoms with E-state index in [1.165, 1.54) is 0 Å². The van der Waals surface area contributed by atoms with Crippen LogP contribution in [0.25, 0.3) is 0 Å². The molecule has 3 nitrogen and oxygen atoms in total. The highest BCUT2D eigenvalue weighted by atomic mass is 19.4. The summed E-state index contributed by atoms with van der Waals surface area (Å²) >= 11 is 0. The van der Waals surface area contributed by atoms with E-state index in [4.69, 9.17) is 0 Å². The molecule has 6 heteroatoms. The number of fused-ring (bicyclic) bond motifs is 1. The van der Waals surface area contributed by atoms with Gasteiger partial charge in [-0.2, -0.15) is 18.3 Å². The van der Waals surface area contributed by atoms with Crippen LogP contribution in [0.5, 0.6) is 0 Å². The molecule has 0 aliphatic carbocycles. The van der Waals surface area contributed by atoms with Crippen LogP contribution in [0.1, 0.15) is 29.8 Å². The van der Waals surface area contributed by atoms with E-state index in [0.717, 1.165) is 10.2 Å². The molecule has 0 unspecified atom stereocenters. The molecule has 106 valence electrons. The van der Waals surface area contributed by atoms with E-state index in [9.17, 15) is 13.2 Å². The van der Waals surface area contributed by atoms with Gasteiger partial charge in [0, 0.05) is 12.5 Å². The molecule has 1 aromatic carbocycles. The van der Waals surface area contributed by atoms with Crippen molar-refractivity contribution in [2.75, 3.05) is 5.32 Å². The molecular formula is C14H14F3N3. The van der Waals surface area contributed by atoms with Crippen LogP contribution in [0.15, 0.2) is 36.4 Å². The van der Waals surface area contributed by atoms with Crippen LogP contribution in [-0.4, -0.2) is 16.0 Å². The Kier molecular flexibility index (Phi) is 2.96. The second kappa shape index (κ2) is 4.54. The molecule has 1 N–H and O–H groups in total. The van der Waals surface area contributed by atoms with Crippen LogP contribution in [0.3, 0.4) is 0 Å². The summed E-state index contributed by atoms with van der Waals surface area (Å²) in [6.07, 6.45) is -4.36. The van der Waals surface area contributed by atoms with E-state index in [1.54, 1.807) is 13.0 Å². The summed E-state index contributed by atoms with van der Waals surface area (Å²) in [6.45, 7) is 1.69. The zero-order valence-electron chi connectivity index (χ0n) is 10.9. The molecule has 0 saturated heterocycles. The predicted molar refractivity (Wildman–Crippen MR) is 69.5 cm³/mol. The summed E-state index contributed by atoms with van der Waals surface area (Å²) in [5.74, 6) is 0.421. The van der Waals surface area contributed by atoms with Gasteiger partial charge in [0.05, 0.1) is 11.7 Å². The number of hydrogen-bond acceptors (Lipinski definition) is 2. The Hall–Kier alpha value is -1.98. The molecule has 0 amide bonds. The van der Waals surface area contributed by atoms with E-state index in [-0.39, 0.29) is 12.5 Å². The van der Waals surface area contributed by atoms with Crippen molar-refractivity contribution < 1.29 is 13.2 Å². The Balaban J connectivity index is 2.00. The maximum absolute atomic E-state index is 13.2. The Morgan fingerprint density at radius 3 is 2.60 bits per heavy atom. The molecule has 2 aromatic rings. The lowest BCUT2D eigenvalue weighted by Crippen LogP contribution is -2.35. The number of aryl methyl sites for hydroxylation is 1. The molecule has 0 fully saturated rings. The van der Waals surface area contributed by atoms with Gasteiger partial charge < -0.3 is 5.32 Å². The largest absolute Gasteiger partial charge is 0.410 e. The minimum absolute atomic E-state index is 0.0539. The van der Waals surface area contributed by atoms with Crippen molar-refractivity contribution in [3.05, 3.63) is 47.7 Å². The molecule has 1 aliphatic heterocycles. The first-order valence-corrected chi connectivity index (χ1v) is 6.39. The fraction of sp³-hybridized carbons (Fsp3) is 0.357. The van der Waals surface area contributed by atoms with E-state index in [0.29, 0.717) is 11.5 Å². The van der Waals surface area contributed by atoms with Gasteiger partial charge in [-0.25, -0.2) is 4.68 Å². The van der Waals surface area contributed by atoms with Crippen LogP contribution in [0.4, 0.5) is 19.0 Å². The number of nitrogens with one attached hydrogen (secondary N) is 1. The molecule has 2 heterocycles. The van der Waals surface area contributed by atoms with Gasteiger partial charge in [0.15, 0.2) is 6.04 Å². The first-order valence-electron chi connectivity index (χ1n) is 6.39. The quantitative estimate of drug-likeness (QED) is 0.860. The first-order chi connectivity index (χ1) is 9.45. The van der Waals surface area contributed by atoms with Crippen LogP contribution >= 0.6 is 0 Å². The zero-order chi connectivity index (χ0) is 14.3. The topological polar surface area (TPSA) is 29.9 Å². The Labute approximate surface area is 114 Å². The minimum Gasteiger partial charge on any atom is -0.363 e. The Morgan fingerprint density at radius 1 is 1.25 bits per heavy atom. The number of benzene rings is 1. The number of anilines is 1. The second-order valence-electron chi connectivity index (χ2n) is 5.02. The maximum atomic E-state index is 13.2. The van der Waals surface area contributed by atoms with Gasteiger partial charge in [0.2, 0.25) is 0 Å². The number of halogens is 3. The minimum atomic E-state index is -4.30. The summed E-state index contributed by atoms with van der Waals surface area (Å²) in [5, 5.41) is 7.10. The molecular weight excluding hydrogens is 267 g/mol. The van der Waals surface area contributed by atoms with Crippen LogP contribution < -0.4 is 5.32 Å². The van der Waals surface area contributed by atoms with E-state index < -0.39 is 12.2 Å². The Morgan fingerprint density at radius 2 is 1.95 bits per heavy atom. The number of hydrogen-bond donors (Lipinski definition) is 1. The van der Waals surface area contributed by atoms with Crippen LogP contribution in [0.2, 0.25) is 0 Å². The Bertz CT molecular complexity index is 604. The molecule has 3 rings (SSSR count). The second-order valence-corrected chi connectivity index (χ2v) is 5.02. The number of rotatable bonds is 1. The van der Waals surface area contributed by atoms with Crippen molar-refractivity contribution in [2.45, 2.75) is 31.6 Å². The number of nitrogens with zero attached hydrogens (tertiary/aromatic N) is 2. The summed E-state index contributed by atoms with van der Waals surface area (Å²) < 4.78 is 40.7. The van der Waals surface area contributed by atoms with Gasteiger partial charge >= 0.3 is 6.18 Å². The van der Waals surface area contributed by atoms with E-state index >= 15 is 0 Å². The van der Waals surface area contributed by atoms with Crippen molar-refractivity contribution in [3.63, 3.8) is 0 Å². The lowest BCUT2D eigenvalue weighted by Gasteiger charge is -2.33. The van der Waals surface area contributed by atoms with Crippen LogP contribution in [0, 0.1) is 6.92 Å². The molecule has 1 aromatic heterocycles. The van der Waals surface area contributed by atoms with Crippen molar-refractivity contribution in [2.24, 2.45) is 0 Å².